The van der Waals surface area contributed by atoms with Crippen molar-refractivity contribution in [1.82, 2.24) is 14.9 Å². The summed E-state index contributed by atoms with van der Waals surface area (Å²) in [6.45, 7) is 0.649. The van der Waals surface area contributed by atoms with Crippen LogP contribution in [0.2, 0.25) is 5.02 Å². The predicted octanol–water partition coefficient (Wildman–Crippen LogP) is 4.69. The molecular formula is C22H22ClN3O3. The molecule has 2 aromatic heterocycles. The van der Waals surface area contributed by atoms with Gasteiger partial charge in [-0.2, -0.15) is 0 Å². The molecule has 1 saturated heterocycles. The van der Waals surface area contributed by atoms with Gasteiger partial charge >= 0.3 is 0 Å². The van der Waals surface area contributed by atoms with Crippen LogP contribution in [-0.4, -0.2) is 34.4 Å². The number of benzene rings is 1. The number of methoxy groups -OCH3 is 1. The number of oxazole rings is 1. The zero-order valence-corrected chi connectivity index (χ0v) is 16.9. The van der Waals surface area contributed by atoms with Crippen molar-refractivity contribution in [3.8, 4) is 5.88 Å². The lowest BCUT2D eigenvalue weighted by Gasteiger charge is -2.34. The molecule has 7 heteroatoms. The van der Waals surface area contributed by atoms with E-state index in [0.29, 0.717) is 35.3 Å². The van der Waals surface area contributed by atoms with Gasteiger partial charge in [0, 0.05) is 24.2 Å². The number of amides is 1. The van der Waals surface area contributed by atoms with E-state index in [2.05, 4.69) is 9.97 Å². The number of pyridine rings is 1. The number of halogens is 1. The van der Waals surface area contributed by atoms with Crippen LogP contribution in [0.15, 0.2) is 53.2 Å². The molecule has 0 bridgehead atoms. The lowest BCUT2D eigenvalue weighted by atomic mass is 10.0. The summed E-state index contributed by atoms with van der Waals surface area (Å²) in [6, 6.07) is 10.9. The molecule has 6 nitrogen and oxygen atoms in total. The molecule has 150 valence electrons. The van der Waals surface area contributed by atoms with E-state index in [0.717, 1.165) is 30.6 Å². The first-order valence-electron chi connectivity index (χ1n) is 9.64. The van der Waals surface area contributed by atoms with E-state index in [1.165, 1.54) is 7.11 Å². The average Bonchev–Trinajstić information content (AvgIpc) is 3.23. The van der Waals surface area contributed by atoms with E-state index < -0.39 is 0 Å². The Morgan fingerprint density at radius 2 is 2.07 bits per heavy atom. The fraction of sp³-hybridized carbons (Fsp3) is 0.318. The van der Waals surface area contributed by atoms with Gasteiger partial charge < -0.3 is 14.1 Å². The maximum Gasteiger partial charge on any atom is 0.260 e. The Kier molecular flexibility index (Phi) is 5.81. The minimum Gasteiger partial charge on any atom is -0.480 e. The van der Waals surface area contributed by atoms with E-state index in [1.807, 2.05) is 29.2 Å². The van der Waals surface area contributed by atoms with Crippen molar-refractivity contribution in [2.45, 2.75) is 31.7 Å². The molecule has 0 aliphatic carbocycles. The van der Waals surface area contributed by atoms with Gasteiger partial charge in [0.2, 0.25) is 11.8 Å². The van der Waals surface area contributed by atoms with E-state index in [1.54, 1.807) is 24.5 Å². The van der Waals surface area contributed by atoms with Gasteiger partial charge in [0.1, 0.15) is 17.4 Å². The molecule has 4 rings (SSSR count). The molecule has 1 atom stereocenters. The molecule has 0 unspecified atom stereocenters. The molecule has 0 spiro atoms. The second kappa shape index (κ2) is 8.66. The van der Waals surface area contributed by atoms with Crippen molar-refractivity contribution in [2.24, 2.45) is 0 Å². The molecule has 0 N–H and O–H groups in total. The van der Waals surface area contributed by atoms with E-state index >= 15 is 0 Å². The van der Waals surface area contributed by atoms with Crippen molar-refractivity contribution in [2.75, 3.05) is 13.7 Å². The van der Waals surface area contributed by atoms with Crippen LogP contribution >= 0.6 is 11.6 Å². The normalized spacial score (nSPS) is 16.6. The highest BCUT2D eigenvalue weighted by molar-refractivity contribution is 6.30. The molecule has 1 aliphatic heterocycles. The smallest absolute Gasteiger partial charge is 0.260 e. The Balaban J connectivity index is 1.55. The topological polar surface area (TPSA) is 68.5 Å². The van der Waals surface area contributed by atoms with Crippen LogP contribution in [0.25, 0.3) is 0 Å². The standard InChI is InChI=1S/C22H22ClN3O3/c1-28-20-18(5-4-11-24-20)22(27)26-12-3-2-6-19(26)21-25-14-17(29-21)13-15-7-9-16(23)10-8-15/h4-5,7-11,14,19H,2-3,6,12-13H2,1H3/t19-/m1/s1. The van der Waals surface area contributed by atoms with Crippen molar-refractivity contribution in [1.29, 1.82) is 0 Å². The van der Waals surface area contributed by atoms with Crippen LogP contribution < -0.4 is 4.74 Å². The Labute approximate surface area is 174 Å². The molecule has 1 amide bonds. The van der Waals surface area contributed by atoms with Crippen LogP contribution in [0, 0.1) is 0 Å². The lowest BCUT2D eigenvalue weighted by molar-refractivity contribution is 0.0566. The highest BCUT2D eigenvalue weighted by Gasteiger charge is 2.33. The maximum absolute atomic E-state index is 13.2. The minimum absolute atomic E-state index is 0.114. The summed E-state index contributed by atoms with van der Waals surface area (Å²) in [5.74, 6) is 1.55. The SMILES string of the molecule is COc1ncccc1C(=O)N1CCCC[C@@H]1c1ncc(Cc2ccc(Cl)cc2)o1. The molecule has 29 heavy (non-hydrogen) atoms. The fourth-order valence-electron chi connectivity index (χ4n) is 3.66. The van der Waals surface area contributed by atoms with Gasteiger partial charge in [-0.15, -0.1) is 0 Å². The average molecular weight is 412 g/mol. The summed E-state index contributed by atoms with van der Waals surface area (Å²) >= 11 is 5.95. The largest absolute Gasteiger partial charge is 0.480 e. The van der Waals surface area contributed by atoms with Crippen LogP contribution in [0.4, 0.5) is 0 Å². The molecule has 1 aliphatic rings. The van der Waals surface area contributed by atoms with Gasteiger partial charge in [-0.05, 0) is 49.1 Å². The van der Waals surface area contributed by atoms with Crippen LogP contribution in [0.5, 0.6) is 5.88 Å². The highest BCUT2D eigenvalue weighted by Crippen LogP contribution is 2.33. The summed E-state index contributed by atoms with van der Waals surface area (Å²) < 4.78 is 11.3. The lowest BCUT2D eigenvalue weighted by Crippen LogP contribution is -2.38. The van der Waals surface area contributed by atoms with Crippen LogP contribution in [0.3, 0.4) is 0 Å². The van der Waals surface area contributed by atoms with Crippen molar-refractivity contribution >= 4 is 17.5 Å². The second-order valence-electron chi connectivity index (χ2n) is 7.04. The third-order valence-electron chi connectivity index (χ3n) is 5.11. The number of piperidine rings is 1. The van der Waals surface area contributed by atoms with E-state index in [4.69, 9.17) is 20.8 Å². The van der Waals surface area contributed by atoms with Gasteiger partial charge in [-0.3, -0.25) is 4.79 Å². The van der Waals surface area contributed by atoms with Crippen LogP contribution in [0.1, 0.15) is 52.9 Å². The number of carbonyl (C=O) groups excluding carboxylic acids is 1. The Morgan fingerprint density at radius 1 is 1.24 bits per heavy atom. The first-order valence-corrected chi connectivity index (χ1v) is 10.0. The van der Waals surface area contributed by atoms with Crippen LogP contribution in [-0.2, 0) is 6.42 Å². The third kappa shape index (κ3) is 4.27. The fourth-order valence-corrected chi connectivity index (χ4v) is 3.79. The summed E-state index contributed by atoms with van der Waals surface area (Å²) in [7, 11) is 1.52. The van der Waals surface area contributed by atoms with Crippen molar-refractivity contribution < 1.29 is 13.9 Å². The number of hydrogen-bond donors (Lipinski definition) is 0. The number of aromatic nitrogens is 2. The maximum atomic E-state index is 13.2. The number of likely N-dealkylation sites (tertiary alicyclic amines) is 1. The second-order valence-corrected chi connectivity index (χ2v) is 7.47. The van der Waals surface area contributed by atoms with Crippen molar-refractivity contribution in [3.63, 3.8) is 0 Å². The van der Waals surface area contributed by atoms with E-state index in [-0.39, 0.29) is 11.9 Å². The third-order valence-corrected chi connectivity index (χ3v) is 5.36. The van der Waals surface area contributed by atoms with Gasteiger partial charge in [-0.25, -0.2) is 9.97 Å². The summed E-state index contributed by atoms with van der Waals surface area (Å²) in [5.41, 5.74) is 1.55. The number of ether oxygens (including phenoxy) is 1. The minimum atomic E-state index is -0.194. The summed E-state index contributed by atoms with van der Waals surface area (Å²) in [6.07, 6.45) is 6.76. The molecule has 3 aromatic rings. The molecule has 1 fully saturated rings. The first-order chi connectivity index (χ1) is 14.2. The Morgan fingerprint density at radius 3 is 2.86 bits per heavy atom. The van der Waals surface area contributed by atoms with Gasteiger partial charge in [0.15, 0.2) is 0 Å². The van der Waals surface area contributed by atoms with E-state index in [9.17, 15) is 4.79 Å². The molecule has 3 heterocycles. The molecule has 1 aromatic carbocycles. The highest BCUT2D eigenvalue weighted by atomic mass is 35.5. The Bertz CT molecular complexity index is 987. The molecule has 0 radical (unpaired) electrons. The quantitative estimate of drug-likeness (QED) is 0.609. The first kappa shape index (κ1) is 19.5. The van der Waals surface area contributed by atoms with Gasteiger partial charge in [0.25, 0.3) is 5.91 Å². The van der Waals surface area contributed by atoms with Gasteiger partial charge in [0.05, 0.1) is 13.3 Å². The number of nitrogens with zero attached hydrogens (tertiary/aromatic N) is 3. The zero-order valence-electron chi connectivity index (χ0n) is 16.2. The summed E-state index contributed by atoms with van der Waals surface area (Å²) in [5, 5.41) is 0.703. The summed E-state index contributed by atoms with van der Waals surface area (Å²) in [4.78, 5) is 23.7. The number of rotatable bonds is 5. The number of hydrogen-bond acceptors (Lipinski definition) is 5. The predicted molar refractivity (Wildman–Crippen MR) is 109 cm³/mol. The van der Waals surface area contributed by atoms with Crippen molar-refractivity contribution in [3.05, 3.63) is 76.6 Å². The molecule has 0 saturated carbocycles. The Hall–Kier alpha value is -2.86. The monoisotopic (exact) mass is 411 g/mol. The number of carbonyl (C=O) groups is 1. The molecular weight excluding hydrogens is 390 g/mol. The van der Waals surface area contributed by atoms with Gasteiger partial charge in [-0.1, -0.05) is 23.7 Å². The zero-order chi connectivity index (χ0) is 20.2.